The molecule has 0 aromatic rings. The van der Waals surface area contributed by atoms with Crippen LogP contribution < -0.4 is 5.32 Å². The highest BCUT2D eigenvalue weighted by atomic mass is 32.2. The summed E-state index contributed by atoms with van der Waals surface area (Å²) in [4.78, 5) is 25.6. The summed E-state index contributed by atoms with van der Waals surface area (Å²) in [6, 6.07) is 0.293. The van der Waals surface area contributed by atoms with Gasteiger partial charge in [-0.05, 0) is 31.4 Å². The van der Waals surface area contributed by atoms with Crippen LogP contribution in [-0.2, 0) is 9.59 Å². The van der Waals surface area contributed by atoms with E-state index in [1.54, 1.807) is 4.90 Å². The molecule has 20 heavy (non-hydrogen) atoms. The maximum absolute atomic E-state index is 12.2. The van der Waals surface area contributed by atoms with Gasteiger partial charge in [0, 0.05) is 24.3 Å². The van der Waals surface area contributed by atoms with Crippen molar-refractivity contribution in [3.8, 4) is 0 Å². The van der Waals surface area contributed by atoms with E-state index in [0.717, 1.165) is 31.6 Å². The zero-order valence-electron chi connectivity index (χ0n) is 12.4. The van der Waals surface area contributed by atoms with Crippen molar-refractivity contribution in [2.24, 2.45) is 0 Å². The number of nitrogens with zero attached hydrogens (tertiary/aromatic N) is 1. The van der Waals surface area contributed by atoms with E-state index in [1.807, 2.05) is 11.8 Å². The van der Waals surface area contributed by atoms with Crippen molar-refractivity contribution in [1.29, 1.82) is 0 Å². The topological polar surface area (TPSA) is 49.4 Å². The van der Waals surface area contributed by atoms with Gasteiger partial charge in [0.2, 0.25) is 11.8 Å². The van der Waals surface area contributed by atoms with Crippen LogP contribution in [0.25, 0.3) is 0 Å². The van der Waals surface area contributed by atoms with Gasteiger partial charge in [-0.2, -0.15) is 11.8 Å². The Morgan fingerprint density at radius 2 is 2.10 bits per heavy atom. The summed E-state index contributed by atoms with van der Waals surface area (Å²) in [5.41, 5.74) is 0. The Kier molecular flexibility index (Phi) is 6.20. The Labute approximate surface area is 126 Å². The zero-order valence-corrected chi connectivity index (χ0v) is 13.2. The Bertz CT molecular complexity index is 347. The van der Waals surface area contributed by atoms with E-state index in [9.17, 15) is 9.59 Å². The third kappa shape index (κ3) is 4.40. The summed E-state index contributed by atoms with van der Waals surface area (Å²) in [5, 5.41) is 3.72. The molecule has 0 aromatic heterocycles. The SMILES string of the molecule is CCS[C@H]1CCCC[C@H]1NC(=O)CN1CCCCC1=O. The number of amides is 2. The standard InChI is InChI=1S/C15H26N2O2S/c1-2-20-13-8-4-3-7-12(13)16-14(18)11-17-10-6-5-9-15(17)19/h12-13H,2-11H2,1H3,(H,16,18)/t12-,13+/m1/s1. The number of hydrogen-bond donors (Lipinski definition) is 1. The van der Waals surface area contributed by atoms with E-state index in [-0.39, 0.29) is 18.4 Å². The van der Waals surface area contributed by atoms with Gasteiger partial charge >= 0.3 is 0 Å². The van der Waals surface area contributed by atoms with Gasteiger partial charge in [0.25, 0.3) is 0 Å². The van der Waals surface area contributed by atoms with Crippen molar-refractivity contribution in [3.63, 3.8) is 0 Å². The summed E-state index contributed by atoms with van der Waals surface area (Å²) in [6.07, 6.45) is 7.35. The molecule has 0 spiro atoms. The van der Waals surface area contributed by atoms with Crippen LogP contribution in [0.5, 0.6) is 0 Å². The van der Waals surface area contributed by atoms with Crippen molar-refractivity contribution in [1.82, 2.24) is 10.2 Å². The molecule has 2 rings (SSSR count). The van der Waals surface area contributed by atoms with E-state index >= 15 is 0 Å². The number of hydrogen-bond acceptors (Lipinski definition) is 3. The third-order valence-corrected chi connectivity index (χ3v) is 5.51. The summed E-state index contributed by atoms with van der Waals surface area (Å²) in [7, 11) is 0. The Balaban J connectivity index is 1.81. The van der Waals surface area contributed by atoms with Crippen molar-refractivity contribution < 1.29 is 9.59 Å². The summed E-state index contributed by atoms with van der Waals surface area (Å²) < 4.78 is 0. The lowest BCUT2D eigenvalue weighted by Crippen LogP contribution is -2.49. The fourth-order valence-electron chi connectivity index (χ4n) is 3.13. The molecule has 0 aromatic carbocycles. The highest BCUT2D eigenvalue weighted by Crippen LogP contribution is 2.28. The smallest absolute Gasteiger partial charge is 0.239 e. The molecule has 0 unspecified atom stereocenters. The lowest BCUT2D eigenvalue weighted by atomic mass is 9.95. The quantitative estimate of drug-likeness (QED) is 0.846. The van der Waals surface area contributed by atoms with E-state index in [1.165, 1.54) is 19.3 Å². The first-order chi connectivity index (χ1) is 9.70. The third-order valence-electron chi connectivity index (χ3n) is 4.19. The van der Waals surface area contributed by atoms with Crippen LogP contribution in [0, 0.1) is 0 Å². The molecule has 1 saturated heterocycles. The van der Waals surface area contributed by atoms with Crippen molar-refractivity contribution >= 4 is 23.6 Å². The molecule has 1 saturated carbocycles. The van der Waals surface area contributed by atoms with Crippen molar-refractivity contribution in [2.45, 2.75) is 63.2 Å². The predicted octanol–water partition coefficient (Wildman–Crippen LogP) is 2.18. The van der Waals surface area contributed by atoms with Gasteiger partial charge in [-0.1, -0.05) is 19.8 Å². The molecule has 5 heteroatoms. The molecule has 2 atom stereocenters. The number of thioether (sulfide) groups is 1. The fraction of sp³-hybridized carbons (Fsp3) is 0.867. The average Bonchev–Trinajstić information content (AvgIpc) is 2.44. The second-order valence-corrected chi connectivity index (χ2v) is 7.24. The molecule has 2 amide bonds. The maximum Gasteiger partial charge on any atom is 0.239 e. The van der Waals surface area contributed by atoms with Crippen LogP contribution in [0.2, 0.25) is 0 Å². The Hall–Kier alpha value is -0.710. The highest BCUT2D eigenvalue weighted by Gasteiger charge is 2.27. The molecule has 1 aliphatic carbocycles. The average molecular weight is 298 g/mol. The minimum Gasteiger partial charge on any atom is -0.351 e. The molecular formula is C15H26N2O2S. The Morgan fingerprint density at radius 3 is 2.85 bits per heavy atom. The molecule has 0 radical (unpaired) electrons. The van der Waals surface area contributed by atoms with Gasteiger partial charge in [0.15, 0.2) is 0 Å². The molecule has 0 bridgehead atoms. The van der Waals surface area contributed by atoms with Crippen LogP contribution >= 0.6 is 11.8 Å². The monoisotopic (exact) mass is 298 g/mol. The minimum atomic E-state index is 0.0221. The summed E-state index contributed by atoms with van der Waals surface area (Å²) in [6.45, 7) is 3.16. The summed E-state index contributed by atoms with van der Waals surface area (Å²) >= 11 is 1.95. The molecule has 1 heterocycles. The van der Waals surface area contributed by atoms with E-state index in [0.29, 0.717) is 17.7 Å². The van der Waals surface area contributed by atoms with Gasteiger partial charge < -0.3 is 10.2 Å². The molecule has 2 aliphatic rings. The number of carbonyl (C=O) groups excluding carboxylic acids is 2. The van der Waals surface area contributed by atoms with Gasteiger partial charge in [-0.15, -0.1) is 0 Å². The minimum absolute atomic E-state index is 0.0221. The number of likely N-dealkylation sites (tertiary alicyclic amines) is 1. The van der Waals surface area contributed by atoms with Crippen LogP contribution in [0.4, 0.5) is 0 Å². The number of piperidine rings is 1. The van der Waals surface area contributed by atoms with E-state index < -0.39 is 0 Å². The molecular weight excluding hydrogens is 272 g/mol. The normalized spacial score (nSPS) is 27.4. The second kappa shape index (κ2) is 7.91. The molecule has 4 nitrogen and oxygen atoms in total. The maximum atomic E-state index is 12.2. The van der Waals surface area contributed by atoms with Crippen molar-refractivity contribution in [2.75, 3.05) is 18.8 Å². The first-order valence-electron chi connectivity index (χ1n) is 7.89. The van der Waals surface area contributed by atoms with Gasteiger partial charge in [-0.3, -0.25) is 9.59 Å². The van der Waals surface area contributed by atoms with Crippen LogP contribution in [-0.4, -0.2) is 46.8 Å². The number of nitrogens with one attached hydrogen (secondary N) is 1. The van der Waals surface area contributed by atoms with Crippen LogP contribution in [0.15, 0.2) is 0 Å². The van der Waals surface area contributed by atoms with Crippen molar-refractivity contribution in [3.05, 3.63) is 0 Å². The summed E-state index contributed by atoms with van der Waals surface area (Å²) in [5.74, 6) is 1.25. The van der Waals surface area contributed by atoms with Gasteiger partial charge in [0.1, 0.15) is 0 Å². The lowest BCUT2D eigenvalue weighted by Gasteiger charge is -2.33. The van der Waals surface area contributed by atoms with E-state index in [4.69, 9.17) is 0 Å². The second-order valence-electron chi connectivity index (χ2n) is 5.72. The fourth-order valence-corrected chi connectivity index (χ4v) is 4.33. The van der Waals surface area contributed by atoms with Crippen LogP contribution in [0.1, 0.15) is 51.9 Å². The first kappa shape index (κ1) is 15.7. The first-order valence-corrected chi connectivity index (χ1v) is 8.94. The molecule has 1 aliphatic heterocycles. The molecule has 1 N–H and O–H groups in total. The lowest BCUT2D eigenvalue weighted by molar-refractivity contribution is -0.138. The van der Waals surface area contributed by atoms with Gasteiger partial charge in [-0.25, -0.2) is 0 Å². The van der Waals surface area contributed by atoms with Crippen LogP contribution in [0.3, 0.4) is 0 Å². The largest absolute Gasteiger partial charge is 0.351 e. The number of carbonyl (C=O) groups is 2. The molecule has 114 valence electrons. The Morgan fingerprint density at radius 1 is 1.30 bits per heavy atom. The van der Waals surface area contributed by atoms with Gasteiger partial charge in [0.05, 0.1) is 6.54 Å². The zero-order chi connectivity index (χ0) is 14.4. The number of rotatable bonds is 5. The van der Waals surface area contributed by atoms with E-state index in [2.05, 4.69) is 12.2 Å². The highest BCUT2D eigenvalue weighted by molar-refractivity contribution is 7.99. The molecule has 2 fully saturated rings. The predicted molar refractivity (Wildman–Crippen MR) is 82.7 cm³/mol.